The minimum absolute atomic E-state index is 0.0186. The average molecular weight is 457 g/mol. The van der Waals surface area contributed by atoms with Crippen molar-refractivity contribution >= 4 is 23.2 Å². The van der Waals surface area contributed by atoms with Gasteiger partial charge in [-0.2, -0.15) is 0 Å². The summed E-state index contributed by atoms with van der Waals surface area (Å²) >= 11 is 0. The van der Waals surface area contributed by atoms with Gasteiger partial charge in [0.15, 0.2) is 0 Å². The summed E-state index contributed by atoms with van der Waals surface area (Å²) in [6.07, 6.45) is 0.214. The number of nitrogens with one attached hydrogen (secondary N) is 1. The number of carbonyl (C=O) groups excluding carboxylic acids is 2. The van der Waals surface area contributed by atoms with Gasteiger partial charge in [0.1, 0.15) is 11.5 Å². The smallest absolute Gasteiger partial charge is 0.229 e. The van der Waals surface area contributed by atoms with E-state index in [1.54, 1.807) is 4.90 Å². The van der Waals surface area contributed by atoms with E-state index < -0.39 is 0 Å². The maximum Gasteiger partial charge on any atom is 0.229 e. The van der Waals surface area contributed by atoms with Gasteiger partial charge in [-0.3, -0.25) is 9.59 Å². The summed E-state index contributed by atoms with van der Waals surface area (Å²) in [4.78, 5) is 27.2. The molecule has 1 saturated heterocycles. The lowest BCUT2D eigenvalue weighted by molar-refractivity contribution is -0.122. The Labute approximate surface area is 201 Å². The fourth-order valence-electron chi connectivity index (χ4n) is 4.41. The second kappa shape index (κ2) is 9.72. The number of ether oxygens (including phenoxy) is 1. The molecular weight excluding hydrogens is 424 g/mol. The highest BCUT2D eigenvalue weighted by Gasteiger charge is 2.35. The maximum absolute atomic E-state index is 12.9. The molecule has 176 valence electrons. The van der Waals surface area contributed by atoms with Crippen molar-refractivity contribution in [2.45, 2.75) is 47.0 Å². The van der Waals surface area contributed by atoms with Gasteiger partial charge in [0, 0.05) is 24.3 Å². The molecule has 1 heterocycles. The van der Waals surface area contributed by atoms with Crippen LogP contribution in [-0.2, 0) is 9.59 Å². The molecule has 5 heteroatoms. The number of anilines is 2. The number of hydrogen-bond donors (Lipinski definition) is 1. The normalized spacial score (nSPS) is 15.6. The van der Waals surface area contributed by atoms with Crippen LogP contribution in [0.3, 0.4) is 0 Å². The Bertz CT molecular complexity index is 1210. The molecule has 34 heavy (non-hydrogen) atoms. The molecule has 3 aromatic carbocycles. The van der Waals surface area contributed by atoms with Gasteiger partial charge in [-0.15, -0.1) is 0 Å². The Hall–Kier alpha value is -3.60. The van der Waals surface area contributed by atoms with Gasteiger partial charge < -0.3 is 15.0 Å². The van der Waals surface area contributed by atoms with Crippen molar-refractivity contribution in [3.63, 3.8) is 0 Å². The third-order valence-corrected chi connectivity index (χ3v) is 6.28. The van der Waals surface area contributed by atoms with Crippen LogP contribution in [0.2, 0.25) is 0 Å². The Kier molecular flexibility index (Phi) is 6.73. The van der Waals surface area contributed by atoms with Gasteiger partial charge in [-0.25, -0.2) is 0 Å². The van der Waals surface area contributed by atoms with E-state index in [1.807, 2.05) is 63.2 Å². The minimum Gasteiger partial charge on any atom is -0.457 e. The summed E-state index contributed by atoms with van der Waals surface area (Å²) in [6, 6.07) is 19.6. The SMILES string of the molecule is Cc1ccc(N2C[C@@H](C(=O)Nc3ccc(Oc4cc(C)ccc4C(C)C)cc3)CC2=O)c(C)c1. The zero-order valence-electron chi connectivity index (χ0n) is 20.5. The molecule has 0 radical (unpaired) electrons. The summed E-state index contributed by atoms with van der Waals surface area (Å²) in [6.45, 7) is 10.7. The quantitative estimate of drug-likeness (QED) is 0.459. The molecule has 0 spiro atoms. The highest BCUT2D eigenvalue weighted by molar-refractivity contribution is 6.03. The molecule has 1 aliphatic rings. The lowest BCUT2D eigenvalue weighted by atomic mass is 10.0. The highest BCUT2D eigenvalue weighted by atomic mass is 16.5. The number of rotatable bonds is 6. The number of aryl methyl sites for hydroxylation is 3. The molecule has 4 rings (SSSR count). The fraction of sp³-hybridized carbons (Fsp3) is 0.310. The lowest BCUT2D eigenvalue weighted by Crippen LogP contribution is -2.28. The molecule has 1 aliphatic heterocycles. The van der Waals surface area contributed by atoms with Crippen LogP contribution in [0.25, 0.3) is 0 Å². The van der Waals surface area contributed by atoms with E-state index in [9.17, 15) is 9.59 Å². The van der Waals surface area contributed by atoms with Crippen molar-refractivity contribution in [3.8, 4) is 11.5 Å². The molecule has 2 amide bonds. The standard InChI is InChI=1S/C29H32N2O3/c1-18(2)25-12-6-20(4)15-27(25)34-24-10-8-23(9-11-24)30-29(33)22-16-28(32)31(17-22)26-13-7-19(3)14-21(26)5/h6-15,18,22H,16-17H2,1-5H3,(H,30,33)/t22-/m0/s1. The van der Waals surface area contributed by atoms with Crippen LogP contribution < -0.4 is 15.0 Å². The van der Waals surface area contributed by atoms with E-state index in [2.05, 4.69) is 37.4 Å². The van der Waals surface area contributed by atoms with Crippen LogP contribution in [0.1, 0.15) is 48.4 Å². The Morgan fingerprint density at radius 2 is 1.65 bits per heavy atom. The fourth-order valence-corrected chi connectivity index (χ4v) is 4.41. The summed E-state index contributed by atoms with van der Waals surface area (Å²) < 4.78 is 6.14. The predicted octanol–water partition coefficient (Wildman–Crippen LogP) is 6.52. The van der Waals surface area contributed by atoms with Crippen molar-refractivity contribution in [1.29, 1.82) is 0 Å². The molecule has 0 aliphatic carbocycles. The first-order chi connectivity index (χ1) is 16.2. The average Bonchev–Trinajstić information content (AvgIpc) is 3.16. The monoisotopic (exact) mass is 456 g/mol. The van der Waals surface area contributed by atoms with Crippen LogP contribution in [0.4, 0.5) is 11.4 Å². The van der Waals surface area contributed by atoms with Crippen molar-refractivity contribution < 1.29 is 14.3 Å². The van der Waals surface area contributed by atoms with Crippen molar-refractivity contribution in [2.24, 2.45) is 5.92 Å². The molecular formula is C29H32N2O3. The topological polar surface area (TPSA) is 58.6 Å². The van der Waals surface area contributed by atoms with Gasteiger partial charge in [-0.05, 0) is 79.8 Å². The third kappa shape index (κ3) is 5.14. The molecule has 1 atom stereocenters. The van der Waals surface area contributed by atoms with E-state index in [-0.39, 0.29) is 24.2 Å². The summed E-state index contributed by atoms with van der Waals surface area (Å²) in [5.41, 5.74) is 6.05. The lowest BCUT2D eigenvalue weighted by Gasteiger charge is -2.19. The molecule has 0 aromatic heterocycles. The summed E-state index contributed by atoms with van der Waals surface area (Å²) in [7, 11) is 0. The van der Waals surface area contributed by atoms with Crippen molar-refractivity contribution in [1.82, 2.24) is 0 Å². The number of amides is 2. The Morgan fingerprint density at radius 3 is 2.32 bits per heavy atom. The molecule has 0 unspecified atom stereocenters. The van der Waals surface area contributed by atoms with E-state index in [4.69, 9.17) is 4.74 Å². The van der Waals surface area contributed by atoms with E-state index in [1.165, 1.54) is 0 Å². The second-order valence-corrected chi connectivity index (χ2v) is 9.51. The summed E-state index contributed by atoms with van der Waals surface area (Å²) in [5.74, 6) is 1.37. The Morgan fingerprint density at radius 1 is 0.971 bits per heavy atom. The van der Waals surface area contributed by atoms with E-state index in [0.29, 0.717) is 23.9 Å². The first-order valence-corrected chi connectivity index (χ1v) is 11.8. The van der Waals surface area contributed by atoms with E-state index >= 15 is 0 Å². The molecule has 1 fully saturated rings. The minimum atomic E-state index is -0.384. The van der Waals surface area contributed by atoms with Crippen molar-refractivity contribution in [3.05, 3.63) is 82.9 Å². The zero-order chi connectivity index (χ0) is 24.4. The summed E-state index contributed by atoms with van der Waals surface area (Å²) in [5, 5.41) is 2.96. The number of nitrogens with zero attached hydrogens (tertiary/aromatic N) is 1. The van der Waals surface area contributed by atoms with Crippen molar-refractivity contribution in [2.75, 3.05) is 16.8 Å². The van der Waals surface area contributed by atoms with Gasteiger partial charge in [0.2, 0.25) is 11.8 Å². The largest absolute Gasteiger partial charge is 0.457 e. The first-order valence-electron chi connectivity index (χ1n) is 11.8. The highest BCUT2D eigenvalue weighted by Crippen LogP contribution is 2.33. The number of hydrogen-bond acceptors (Lipinski definition) is 3. The van der Waals surface area contributed by atoms with Crippen LogP contribution in [-0.4, -0.2) is 18.4 Å². The Balaban J connectivity index is 1.41. The molecule has 1 N–H and O–H groups in total. The number of carbonyl (C=O) groups is 2. The zero-order valence-corrected chi connectivity index (χ0v) is 20.5. The predicted molar refractivity (Wildman–Crippen MR) is 137 cm³/mol. The van der Waals surface area contributed by atoms with Crippen LogP contribution in [0.5, 0.6) is 11.5 Å². The van der Waals surface area contributed by atoms with Crippen LogP contribution >= 0.6 is 0 Å². The van der Waals surface area contributed by atoms with E-state index in [0.717, 1.165) is 33.7 Å². The number of benzene rings is 3. The second-order valence-electron chi connectivity index (χ2n) is 9.51. The third-order valence-electron chi connectivity index (χ3n) is 6.28. The first kappa shape index (κ1) is 23.6. The van der Waals surface area contributed by atoms with Gasteiger partial charge in [0.25, 0.3) is 0 Å². The molecule has 5 nitrogen and oxygen atoms in total. The maximum atomic E-state index is 12.9. The van der Waals surface area contributed by atoms with Crippen LogP contribution in [0.15, 0.2) is 60.7 Å². The molecule has 0 bridgehead atoms. The van der Waals surface area contributed by atoms with Crippen LogP contribution in [0, 0.1) is 26.7 Å². The molecule has 3 aromatic rings. The van der Waals surface area contributed by atoms with Gasteiger partial charge in [0.05, 0.1) is 5.92 Å². The van der Waals surface area contributed by atoms with Gasteiger partial charge in [-0.1, -0.05) is 43.7 Å². The molecule has 0 saturated carbocycles. The van der Waals surface area contributed by atoms with Gasteiger partial charge >= 0.3 is 0 Å².